The van der Waals surface area contributed by atoms with Gasteiger partial charge in [0.2, 0.25) is 6.19 Å². The summed E-state index contributed by atoms with van der Waals surface area (Å²) in [6, 6.07) is 9.35. The van der Waals surface area contributed by atoms with Gasteiger partial charge in [-0.25, -0.2) is 4.98 Å². The summed E-state index contributed by atoms with van der Waals surface area (Å²) in [5.74, 6) is 0. The fraction of sp³-hybridized carbons (Fsp3) is 0. The third kappa shape index (κ3) is 2.28. The molecule has 0 aromatic carbocycles. The first kappa shape index (κ1) is 10.8. The van der Waals surface area contributed by atoms with Crippen molar-refractivity contribution in [3.8, 4) is 11.9 Å². The number of hydrogen-bond donors (Lipinski definition) is 0. The standard InChI is InChI=1S/C11H7IN4/c12-10-5-4-9(7-14-10)16-6-2-1-3-11(16)15-8-13/h1-7H/b15-11+. The molecule has 0 saturated carbocycles. The summed E-state index contributed by atoms with van der Waals surface area (Å²) in [5.41, 5.74) is 1.48. The van der Waals surface area contributed by atoms with Crippen LogP contribution in [0.25, 0.3) is 5.69 Å². The van der Waals surface area contributed by atoms with Crippen LogP contribution >= 0.6 is 22.6 Å². The summed E-state index contributed by atoms with van der Waals surface area (Å²) in [5, 5.41) is 8.59. The molecular formula is C11H7IN4. The van der Waals surface area contributed by atoms with E-state index in [1.807, 2.05) is 35.0 Å². The molecule has 0 spiro atoms. The SMILES string of the molecule is N#C/N=c1\ccccn1-c1ccc(I)nc1. The predicted molar refractivity (Wildman–Crippen MR) is 67.5 cm³/mol. The Morgan fingerprint density at radius 2 is 2.19 bits per heavy atom. The van der Waals surface area contributed by atoms with Gasteiger partial charge in [0.05, 0.1) is 11.9 Å². The van der Waals surface area contributed by atoms with Crippen LogP contribution in [0, 0.1) is 15.2 Å². The lowest BCUT2D eigenvalue weighted by molar-refractivity contribution is 0.941. The summed E-state index contributed by atoms with van der Waals surface area (Å²) >= 11 is 2.15. The molecular weight excluding hydrogens is 315 g/mol. The Balaban J connectivity index is 2.61. The molecule has 78 valence electrons. The van der Waals surface area contributed by atoms with Gasteiger partial charge in [-0.15, -0.1) is 0 Å². The van der Waals surface area contributed by atoms with E-state index < -0.39 is 0 Å². The Hall–Kier alpha value is -1.68. The lowest BCUT2D eigenvalue weighted by Crippen LogP contribution is -2.17. The van der Waals surface area contributed by atoms with Crippen LogP contribution < -0.4 is 5.49 Å². The van der Waals surface area contributed by atoms with Gasteiger partial charge < -0.3 is 0 Å². The van der Waals surface area contributed by atoms with Crippen LogP contribution in [0.5, 0.6) is 0 Å². The molecule has 5 heteroatoms. The first-order chi connectivity index (χ1) is 7.81. The quantitative estimate of drug-likeness (QED) is 0.457. The van der Waals surface area contributed by atoms with Crippen molar-refractivity contribution in [1.29, 1.82) is 5.26 Å². The second-order valence-electron chi connectivity index (χ2n) is 2.98. The van der Waals surface area contributed by atoms with Crippen molar-refractivity contribution in [1.82, 2.24) is 9.55 Å². The molecule has 0 N–H and O–H groups in total. The summed E-state index contributed by atoms with van der Waals surface area (Å²) < 4.78 is 2.74. The lowest BCUT2D eigenvalue weighted by atomic mass is 10.4. The Morgan fingerprint density at radius 3 is 2.88 bits per heavy atom. The molecule has 4 nitrogen and oxygen atoms in total. The number of nitrogens with zero attached hydrogens (tertiary/aromatic N) is 4. The lowest BCUT2D eigenvalue weighted by Gasteiger charge is -2.05. The number of hydrogen-bond acceptors (Lipinski definition) is 3. The van der Waals surface area contributed by atoms with Crippen molar-refractivity contribution < 1.29 is 0 Å². The van der Waals surface area contributed by atoms with Gasteiger partial charge in [0, 0.05) is 6.20 Å². The predicted octanol–water partition coefficient (Wildman–Crippen LogP) is 1.86. The molecule has 0 fully saturated rings. The first-order valence-electron chi connectivity index (χ1n) is 4.54. The van der Waals surface area contributed by atoms with Gasteiger partial charge in [-0.1, -0.05) is 6.07 Å². The number of pyridine rings is 2. The summed E-state index contributed by atoms with van der Waals surface area (Å²) in [7, 11) is 0. The van der Waals surface area contributed by atoms with Gasteiger partial charge in [-0.2, -0.15) is 10.3 Å². The van der Waals surface area contributed by atoms with E-state index in [2.05, 4.69) is 32.6 Å². The molecule has 16 heavy (non-hydrogen) atoms. The second kappa shape index (κ2) is 4.90. The Morgan fingerprint density at radius 1 is 1.31 bits per heavy atom. The number of nitriles is 1. The third-order valence-electron chi connectivity index (χ3n) is 1.99. The molecule has 0 aliphatic heterocycles. The minimum atomic E-state index is 0.591. The zero-order valence-electron chi connectivity index (χ0n) is 8.21. The van der Waals surface area contributed by atoms with Crippen LogP contribution in [0.4, 0.5) is 0 Å². The van der Waals surface area contributed by atoms with E-state index in [9.17, 15) is 0 Å². The molecule has 2 rings (SSSR count). The van der Waals surface area contributed by atoms with Crippen molar-refractivity contribution >= 4 is 22.6 Å². The number of aromatic nitrogens is 2. The maximum atomic E-state index is 8.59. The molecule has 0 radical (unpaired) electrons. The zero-order chi connectivity index (χ0) is 11.4. The van der Waals surface area contributed by atoms with Gasteiger partial charge in [-0.05, 0) is 46.9 Å². The Kier molecular flexibility index (Phi) is 3.31. The van der Waals surface area contributed by atoms with Crippen molar-refractivity contribution in [2.24, 2.45) is 4.99 Å². The van der Waals surface area contributed by atoms with Gasteiger partial charge >= 0.3 is 0 Å². The Bertz CT molecular complexity index is 592. The van der Waals surface area contributed by atoms with Crippen molar-refractivity contribution in [3.63, 3.8) is 0 Å². The van der Waals surface area contributed by atoms with E-state index in [0.29, 0.717) is 5.49 Å². The van der Waals surface area contributed by atoms with Gasteiger partial charge in [0.1, 0.15) is 9.19 Å². The van der Waals surface area contributed by atoms with Crippen molar-refractivity contribution in [2.45, 2.75) is 0 Å². The smallest absolute Gasteiger partial charge is 0.207 e. The fourth-order valence-corrected chi connectivity index (χ4v) is 1.62. The zero-order valence-corrected chi connectivity index (χ0v) is 10.4. The molecule has 0 atom stereocenters. The fourth-order valence-electron chi connectivity index (χ4n) is 1.31. The molecule has 2 aromatic rings. The van der Waals surface area contributed by atoms with E-state index in [-0.39, 0.29) is 0 Å². The van der Waals surface area contributed by atoms with Crippen LogP contribution in [-0.4, -0.2) is 9.55 Å². The van der Waals surface area contributed by atoms with Gasteiger partial charge in [-0.3, -0.25) is 4.57 Å². The Labute approximate surface area is 106 Å². The largest absolute Gasteiger partial charge is 0.300 e. The van der Waals surface area contributed by atoms with Crippen molar-refractivity contribution in [3.05, 3.63) is 51.9 Å². The van der Waals surface area contributed by atoms with E-state index in [1.54, 1.807) is 18.5 Å². The highest BCUT2D eigenvalue weighted by Gasteiger charge is 1.97. The van der Waals surface area contributed by atoms with Crippen LogP contribution in [0.2, 0.25) is 0 Å². The molecule has 0 aliphatic rings. The van der Waals surface area contributed by atoms with Crippen molar-refractivity contribution in [2.75, 3.05) is 0 Å². The summed E-state index contributed by atoms with van der Waals surface area (Å²) in [4.78, 5) is 7.94. The van der Waals surface area contributed by atoms with Crippen LogP contribution in [0.3, 0.4) is 0 Å². The topological polar surface area (TPSA) is 54.0 Å². The van der Waals surface area contributed by atoms with Crippen LogP contribution in [-0.2, 0) is 0 Å². The van der Waals surface area contributed by atoms with Crippen LogP contribution in [0.1, 0.15) is 0 Å². The molecule has 0 bridgehead atoms. The van der Waals surface area contributed by atoms with E-state index in [1.165, 1.54) is 0 Å². The van der Waals surface area contributed by atoms with Crippen LogP contribution in [0.15, 0.2) is 47.7 Å². The van der Waals surface area contributed by atoms with Gasteiger partial charge in [0.15, 0.2) is 0 Å². The minimum absolute atomic E-state index is 0.591. The molecule has 2 heterocycles. The van der Waals surface area contributed by atoms with E-state index in [4.69, 9.17) is 5.26 Å². The molecule has 0 unspecified atom stereocenters. The first-order valence-corrected chi connectivity index (χ1v) is 5.61. The molecule has 0 amide bonds. The molecule has 0 aliphatic carbocycles. The minimum Gasteiger partial charge on any atom is -0.300 e. The number of halogens is 1. The monoisotopic (exact) mass is 322 g/mol. The summed E-state index contributed by atoms with van der Waals surface area (Å²) in [6.07, 6.45) is 5.38. The normalized spacial score (nSPS) is 11.1. The van der Waals surface area contributed by atoms with E-state index in [0.717, 1.165) is 9.39 Å². The number of rotatable bonds is 1. The highest BCUT2D eigenvalue weighted by Crippen LogP contribution is 2.05. The average Bonchev–Trinajstić information content (AvgIpc) is 2.32. The highest BCUT2D eigenvalue weighted by atomic mass is 127. The maximum Gasteiger partial charge on any atom is 0.207 e. The van der Waals surface area contributed by atoms with Gasteiger partial charge in [0.25, 0.3) is 0 Å². The third-order valence-corrected chi connectivity index (χ3v) is 2.63. The average molecular weight is 322 g/mol. The summed E-state index contributed by atoms with van der Waals surface area (Å²) in [6.45, 7) is 0. The second-order valence-corrected chi connectivity index (χ2v) is 4.09. The van der Waals surface area contributed by atoms with E-state index >= 15 is 0 Å². The highest BCUT2D eigenvalue weighted by molar-refractivity contribution is 14.1. The molecule has 0 saturated heterocycles. The maximum absolute atomic E-state index is 8.59. The molecule has 2 aromatic heterocycles.